The lowest BCUT2D eigenvalue weighted by Gasteiger charge is -2.06. The van der Waals surface area contributed by atoms with E-state index in [-0.39, 0.29) is 0 Å². The Morgan fingerprint density at radius 3 is 3.06 bits per heavy atom. The quantitative estimate of drug-likeness (QED) is 0.683. The Morgan fingerprint density at radius 1 is 1.56 bits per heavy atom. The Kier molecular flexibility index (Phi) is 3.53. The van der Waals surface area contributed by atoms with Crippen molar-refractivity contribution in [2.45, 2.75) is 6.92 Å². The van der Waals surface area contributed by atoms with Gasteiger partial charge in [0.1, 0.15) is 0 Å². The van der Waals surface area contributed by atoms with Crippen molar-refractivity contribution in [3.8, 4) is 5.69 Å². The molecule has 1 heterocycles. The zero-order valence-corrected chi connectivity index (χ0v) is 10.5. The van der Waals surface area contributed by atoms with Gasteiger partial charge < -0.3 is 10.5 Å². The van der Waals surface area contributed by atoms with E-state index in [1.54, 1.807) is 31.3 Å². The molecule has 0 unspecified atom stereocenters. The number of ether oxygens (including phenoxy) is 1. The van der Waals surface area contributed by atoms with Gasteiger partial charge in [-0.2, -0.15) is 5.10 Å². The molecular weight excluding hydrogens is 254 g/mol. The smallest absolute Gasteiger partial charge is 0.341 e. The summed E-state index contributed by atoms with van der Waals surface area (Å²) in [7, 11) is 0. The molecule has 0 atom stereocenters. The molecule has 0 radical (unpaired) electrons. The number of esters is 1. The Hall–Kier alpha value is -2.01. The van der Waals surface area contributed by atoms with Gasteiger partial charge in [-0.1, -0.05) is 17.7 Å². The zero-order chi connectivity index (χ0) is 13.1. The molecule has 0 spiro atoms. The predicted octanol–water partition coefficient (Wildman–Crippen LogP) is 2.28. The van der Waals surface area contributed by atoms with Crippen LogP contribution in [0.3, 0.4) is 0 Å². The summed E-state index contributed by atoms with van der Waals surface area (Å²) >= 11 is 5.93. The molecule has 1 aromatic carbocycles. The van der Waals surface area contributed by atoms with Gasteiger partial charge in [0.05, 0.1) is 34.8 Å². The van der Waals surface area contributed by atoms with Crippen LogP contribution in [0.5, 0.6) is 0 Å². The number of benzene rings is 1. The second kappa shape index (κ2) is 5.10. The average molecular weight is 266 g/mol. The van der Waals surface area contributed by atoms with E-state index in [4.69, 9.17) is 22.1 Å². The molecule has 0 fully saturated rings. The van der Waals surface area contributed by atoms with Crippen molar-refractivity contribution in [1.82, 2.24) is 9.78 Å². The normalized spacial score (nSPS) is 10.3. The van der Waals surface area contributed by atoms with Gasteiger partial charge in [0.25, 0.3) is 0 Å². The van der Waals surface area contributed by atoms with Crippen molar-refractivity contribution >= 4 is 23.3 Å². The van der Waals surface area contributed by atoms with Crippen molar-refractivity contribution in [1.29, 1.82) is 0 Å². The Bertz CT molecular complexity index is 580. The van der Waals surface area contributed by atoms with Crippen LogP contribution in [0, 0.1) is 0 Å². The summed E-state index contributed by atoms with van der Waals surface area (Å²) in [6, 6.07) is 5.22. The van der Waals surface area contributed by atoms with Crippen LogP contribution < -0.4 is 5.73 Å². The van der Waals surface area contributed by atoms with Crippen LogP contribution >= 0.6 is 11.6 Å². The highest BCUT2D eigenvalue weighted by Gasteiger charge is 2.12. The molecule has 0 saturated heterocycles. The molecule has 1 aromatic heterocycles. The number of halogens is 1. The molecule has 0 aliphatic carbocycles. The summed E-state index contributed by atoms with van der Waals surface area (Å²) in [5.41, 5.74) is 7.26. The van der Waals surface area contributed by atoms with Gasteiger partial charge >= 0.3 is 5.97 Å². The number of aromatic nitrogens is 2. The number of para-hydroxylation sites is 1. The number of anilines is 1. The number of carbonyl (C=O) groups is 1. The zero-order valence-electron chi connectivity index (χ0n) is 9.76. The summed E-state index contributed by atoms with van der Waals surface area (Å²) < 4.78 is 6.38. The Morgan fingerprint density at radius 2 is 2.33 bits per heavy atom. The van der Waals surface area contributed by atoms with Crippen LogP contribution in [0.2, 0.25) is 5.02 Å². The van der Waals surface area contributed by atoms with Crippen LogP contribution in [0.15, 0.2) is 30.6 Å². The van der Waals surface area contributed by atoms with Gasteiger partial charge in [0.2, 0.25) is 0 Å². The molecule has 2 rings (SSSR count). The third-order valence-corrected chi connectivity index (χ3v) is 2.70. The lowest BCUT2D eigenvalue weighted by Crippen LogP contribution is -2.03. The SMILES string of the molecule is CCOC(=O)c1cnn(-c2cccc(Cl)c2N)c1. The highest BCUT2D eigenvalue weighted by Crippen LogP contribution is 2.25. The standard InChI is InChI=1S/C12H12ClN3O2/c1-2-18-12(17)8-6-15-16(7-8)10-5-3-4-9(13)11(10)14/h3-7H,2,14H2,1H3. The van der Waals surface area contributed by atoms with Gasteiger partial charge in [0.15, 0.2) is 0 Å². The van der Waals surface area contributed by atoms with Crippen molar-refractivity contribution in [3.63, 3.8) is 0 Å². The first-order valence-electron chi connectivity index (χ1n) is 5.39. The number of nitrogens with two attached hydrogens (primary N) is 1. The largest absolute Gasteiger partial charge is 0.462 e. The number of carbonyl (C=O) groups excluding carboxylic acids is 1. The number of nitrogen functional groups attached to an aromatic ring is 1. The van der Waals surface area contributed by atoms with Gasteiger partial charge in [0, 0.05) is 6.20 Å². The minimum absolute atomic E-state index is 0.323. The van der Waals surface area contributed by atoms with Crippen molar-refractivity contribution < 1.29 is 9.53 Å². The summed E-state index contributed by atoms with van der Waals surface area (Å²) in [5.74, 6) is -0.413. The molecular formula is C12H12ClN3O2. The van der Waals surface area contributed by atoms with E-state index in [0.717, 1.165) is 0 Å². The number of hydrogen-bond donors (Lipinski definition) is 1. The molecule has 2 aromatic rings. The molecule has 94 valence electrons. The minimum atomic E-state index is -0.413. The van der Waals surface area contributed by atoms with E-state index in [9.17, 15) is 4.79 Å². The molecule has 0 saturated carbocycles. The first kappa shape index (κ1) is 12.4. The highest BCUT2D eigenvalue weighted by atomic mass is 35.5. The topological polar surface area (TPSA) is 70.1 Å². The molecule has 0 aliphatic rings. The summed E-state index contributed by atoms with van der Waals surface area (Å²) in [5, 5.41) is 4.51. The average Bonchev–Trinajstić information content (AvgIpc) is 2.82. The number of hydrogen-bond acceptors (Lipinski definition) is 4. The maximum atomic E-state index is 11.5. The van der Waals surface area contributed by atoms with Crippen LogP contribution in [0.25, 0.3) is 5.69 Å². The summed E-state index contributed by atoms with van der Waals surface area (Å²) in [6.45, 7) is 2.07. The summed E-state index contributed by atoms with van der Waals surface area (Å²) in [6.07, 6.45) is 2.98. The van der Waals surface area contributed by atoms with Gasteiger partial charge in [-0.05, 0) is 19.1 Å². The number of rotatable bonds is 3. The third kappa shape index (κ3) is 2.31. The van der Waals surface area contributed by atoms with Crippen LogP contribution in [-0.2, 0) is 4.74 Å². The second-order valence-electron chi connectivity index (χ2n) is 3.57. The fourth-order valence-electron chi connectivity index (χ4n) is 1.50. The van der Waals surface area contributed by atoms with Crippen molar-refractivity contribution in [2.75, 3.05) is 12.3 Å². The number of nitrogens with zero attached hydrogens (tertiary/aromatic N) is 2. The lowest BCUT2D eigenvalue weighted by molar-refractivity contribution is 0.0526. The minimum Gasteiger partial charge on any atom is -0.462 e. The first-order chi connectivity index (χ1) is 8.63. The van der Waals surface area contributed by atoms with Crippen molar-refractivity contribution in [3.05, 3.63) is 41.2 Å². The van der Waals surface area contributed by atoms with Crippen molar-refractivity contribution in [2.24, 2.45) is 0 Å². The third-order valence-electron chi connectivity index (χ3n) is 2.37. The maximum absolute atomic E-state index is 11.5. The molecule has 6 heteroatoms. The van der Waals surface area contributed by atoms with E-state index in [0.29, 0.717) is 28.6 Å². The maximum Gasteiger partial charge on any atom is 0.341 e. The van der Waals surface area contributed by atoms with E-state index in [1.807, 2.05) is 0 Å². The van der Waals surface area contributed by atoms with Crippen LogP contribution in [0.4, 0.5) is 5.69 Å². The monoisotopic (exact) mass is 265 g/mol. The van der Waals surface area contributed by atoms with E-state index in [2.05, 4.69) is 5.10 Å². The van der Waals surface area contributed by atoms with Gasteiger partial charge in [-0.3, -0.25) is 0 Å². The van der Waals surface area contributed by atoms with Crippen LogP contribution in [0.1, 0.15) is 17.3 Å². The fourth-order valence-corrected chi connectivity index (χ4v) is 1.67. The van der Waals surface area contributed by atoms with E-state index >= 15 is 0 Å². The molecule has 5 nitrogen and oxygen atoms in total. The van der Waals surface area contributed by atoms with Gasteiger partial charge in [-0.25, -0.2) is 9.48 Å². The molecule has 0 amide bonds. The molecule has 0 bridgehead atoms. The first-order valence-corrected chi connectivity index (χ1v) is 5.77. The van der Waals surface area contributed by atoms with Crippen LogP contribution in [-0.4, -0.2) is 22.4 Å². The highest BCUT2D eigenvalue weighted by molar-refractivity contribution is 6.33. The molecule has 2 N–H and O–H groups in total. The lowest BCUT2D eigenvalue weighted by atomic mass is 10.2. The van der Waals surface area contributed by atoms with Gasteiger partial charge in [-0.15, -0.1) is 0 Å². The van der Waals surface area contributed by atoms with E-state index in [1.165, 1.54) is 10.9 Å². The molecule has 0 aliphatic heterocycles. The molecule has 18 heavy (non-hydrogen) atoms. The summed E-state index contributed by atoms with van der Waals surface area (Å²) in [4.78, 5) is 11.5. The fraction of sp³-hybridized carbons (Fsp3) is 0.167. The van der Waals surface area contributed by atoms with E-state index < -0.39 is 5.97 Å². The second-order valence-corrected chi connectivity index (χ2v) is 3.97. The Balaban J connectivity index is 2.35. The predicted molar refractivity (Wildman–Crippen MR) is 68.9 cm³/mol. The Labute approximate surface area is 109 Å².